The second-order valence-electron chi connectivity index (χ2n) is 7.64. The van der Waals surface area contributed by atoms with Gasteiger partial charge in [-0.1, -0.05) is 35.9 Å². The number of oxazole rings is 1. The molecule has 0 aliphatic carbocycles. The second-order valence-corrected chi connectivity index (χ2v) is 8.08. The Kier molecular flexibility index (Phi) is 7.54. The number of hydrogen-bond acceptors (Lipinski definition) is 7. The van der Waals surface area contributed by atoms with E-state index in [0.717, 1.165) is 16.7 Å². The van der Waals surface area contributed by atoms with Crippen molar-refractivity contribution in [2.45, 2.75) is 12.5 Å². The molecule has 4 rings (SSSR count). The zero-order chi connectivity index (χ0) is 23.9. The Hall–Kier alpha value is -3.71. The van der Waals surface area contributed by atoms with E-state index in [2.05, 4.69) is 4.98 Å². The van der Waals surface area contributed by atoms with Gasteiger partial charge in [-0.3, -0.25) is 4.79 Å². The van der Waals surface area contributed by atoms with E-state index in [-0.39, 0.29) is 12.4 Å². The molecule has 7 nitrogen and oxygen atoms in total. The fourth-order valence-corrected chi connectivity index (χ4v) is 3.46. The number of carbonyl (C=O) groups is 1. The van der Waals surface area contributed by atoms with E-state index >= 15 is 0 Å². The average Bonchev–Trinajstić information content (AvgIpc) is 3.30. The number of halogens is 1. The van der Waals surface area contributed by atoms with Crippen molar-refractivity contribution in [2.75, 3.05) is 32.2 Å². The van der Waals surface area contributed by atoms with Crippen molar-refractivity contribution in [1.29, 1.82) is 0 Å². The summed E-state index contributed by atoms with van der Waals surface area (Å²) in [6, 6.07) is 22.7. The number of benzene rings is 3. The molecule has 0 N–H and O–H groups in total. The van der Waals surface area contributed by atoms with Crippen molar-refractivity contribution < 1.29 is 23.4 Å². The maximum Gasteiger partial charge on any atom is 0.309 e. The third kappa shape index (κ3) is 5.99. The molecule has 0 fully saturated rings. The van der Waals surface area contributed by atoms with Gasteiger partial charge in [0.05, 0.1) is 20.1 Å². The highest BCUT2D eigenvalue weighted by Crippen LogP contribution is 2.28. The van der Waals surface area contributed by atoms with Gasteiger partial charge in [-0.15, -0.1) is 0 Å². The summed E-state index contributed by atoms with van der Waals surface area (Å²) in [5, 5.41) is 0.611. The fraction of sp³-hybridized carbons (Fsp3) is 0.231. The number of esters is 1. The summed E-state index contributed by atoms with van der Waals surface area (Å²) >= 11 is 5.95. The van der Waals surface area contributed by atoms with Gasteiger partial charge >= 0.3 is 5.97 Å². The van der Waals surface area contributed by atoms with Crippen molar-refractivity contribution in [3.05, 3.63) is 83.4 Å². The first kappa shape index (κ1) is 23.4. The SMILES string of the molecule is COC(=O)CC(Oc1ccc(Cl)cc1)c1ccc(OCCN(C)c2nc3ccccc3o2)cc1. The summed E-state index contributed by atoms with van der Waals surface area (Å²) in [4.78, 5) is 18.3. The monoisotopic (exact) mass is 480 g/mol. The summed E-state index contributed by atoms with van der Waals surface area (Å²) in [7, 11) is 3.26. The normalized spacial score (nSPS) is 11.7. The maximum absolute atomic E-state index is 11.9. The fourth-order valence-electron chi connectivity index (χ4n) is 3.34. The van der Waals surface area contributed by atoms with Gasteiger partial charge in [-0.05, 0) is 54.1 Å². The van der Waals surface area contributed by atoms with Crippen LogP contribution in [0.15, 0.2) is 77.2 Å². The number of hydrogen-bond donors (Lipinski definition) is 0. The number of fused-ring (bicyclic) bond motifs is 1. The summed E-state index contributed by atoms with van der Waals surface area (Å²) in [6.07, 6.45) is -0.429. The molecule has 0 saturated carbocycles. The minimum atomic E-state index is -0.507. The Morgan fingerprint density at radius 3 is 2.44 bits per heavy atom. The summed E-state index contributed by atoms with van der Waals surface area (Å²) in [5.74, 6) is 0.959. The number of rotatable bonds is 10. The van der Waals surface area contributed by atoms with Crippen LogP contribution >= 0.6 is 11.6 Å². The minimum Gasteiger partial charge on any atom is -0.492 e. The van der Waals surface area contributed by atoms with E-state index in [0.29, 0.717) is 35.7 Å². The highest BCUT2D eigenvalue weighted by atomic mass is 35.5. The van der Waals surface area contributed by atoms with Crippen LogP contribution in [0.5, 0.6) is 11.5 Å². The van der Waals surface area contributed by atoms with Crippen LogP contribution in [0.2, 0.25) is 5.02 Å². The molecule has 0 saturated heterocycles. The van der Waals surface area contributed by atoms with E-state index in [1.165, 1.54) is 7.11 Å². The van der Waals surface area contributed by atoms with Crippen LogP contribution in [0.1, 0.15) is 18.1 Å². The van der Waals surface area contributed by atoms with Crippen LogP contribution < -0.4 is 14.4 Å². The number of anilines is 1. The molecule has 1 aromatic heterocycles. The van der Waals surface area contributed by atoms with Gasteiger partial charge in [0.25, 0.3) is 6.01 Å². The number of methoxy groups -OCH3 is 1. The van der Waals surface area contributed by atoms with Crippen LogP contribution in [0.25, 0.3) is 11.1 Å². The predicted octanol–water partition coefficient (Wildman–Crippen LogP) is 5.68. The summed E-state index contributed by atoms with van der Waals surface area (Å²) < 4.78 is 22.5. The molecular weight excluding hydrogens is 456 g/mol. The van der Waals surface area contributed by atoms with E-state index in [1.54, 1.807) is 24.3 Å². The minimum absolute atomic E-state index is 0.0780. The molecule has 1 heterocycles. The first-order valence-corrected chi connectivity index (χ1v) is 11.2. The zero-order valence-corrected chi connectivity index (χ0v) is 19.7. The molecule has 1 unspecified atom stereocenters. The molecule has 176 valence electrons. The third-order valence-electron chi connectivity index (χ3n) is 5.23. The van der Waals surface area contributed by atoms with E-state index in [9.17, 15) is 4.79 Å². The maximum atomic E-state index is 11.9. The number of likely N-dealkylation sites (N-methyl/N-ethyl adjacent to an activating group) is 1. The van der Waals surface area contributed by atoms with Crippen molar-refractivity contribution in [3.8, 4) is 11.5 Å². The van der Waals surface area contributed by atoms with Gasteiger partial charge in [0.2, 0.25) is 0 Å². The van der Waals surface area contributed by atoms with Crippen molar-refractivity contribution in [1.82, 2.24) is 4.98 Å². The Labute approximate surface area is 202 Å². The van der Waals surface area contributed by atoms with Crippen molar-refractivity contribution in [2.24, 2.45) is 0 Å². The van der Waals surface area contributed by atoms with Crippen LogP contribution in [-0.2, 0) is 9.53 Å². The molecule has 0 aliphatic heterocycles. The molecule has 0 spiro atoms. The highest BCUT2D eigenvalue weighted by Gasteiger charge is 2.19. The summed E-state index contributed by atoms with van der Waals surface area (Å²) in [5.41, 5.74) is 2.41. The molecular formula is C26H25ClN2O5. The molecule has 1 atom stereocenters. The standard InChI is InChI=1S/C26H25ClN2O5/c1-29(26-28-22-5-3-4-6-23(22)34-26)15-16-32-20-11-7-18(8-12-20)24(17-25(30)31-2)33-21-13-9-19(27)10-14-21/h3-14,24H,15-17H2,1-2H3. The molecule has 34 heavy (non-hydrogen) atoms. The Bertz CT molecular complexity index is 1190. The topological polar surface area (TPSA) is 74.0 Å². The highest BCUT2D eigenvalue weighted by molar-refractivity contribution is 6.30. The second kappa shape index (κ2) is 10.9. The molecule has 0 amide bonds. The first-order valence-electron chi connectivity index (χ1n) is 10.8. The van der Waals surface area contributed by atoms with Crippen LogP contribution in [0.4, 0.5) is 6.01 Å². The number of nitrogens with zero attached hydrogens (tertiary/aromatic N) is 2. The Morgan fingerprint density at radius 2 is 1.74 bits per heavy atom. The van der Waals surface area contributed by atoms with Crippen LogP contribution in [-0.4, -0.2) is 38.3 Å². The van der Waals surface area contributed by atoms with E-state index < -0.39 is 6.10 Å². The molecule has 8 heteroatoms. The quantitative estimate of drug-likeness (QED) is 0.270. The Morgan fingerprint density at radius 1 is 1.03 bits per heavy atom. The van der Waals surface area contributed by atoms with E-state index in [4.69, 9.17) is 30.2 Å². The average molecular weight is 481 g/mol. The van der Waals surface area contributed by atoms with Gasteiger partial charge in [-0.25, -0.2) is 0 Å². The lowest BCUT2D eigenvalue weighted by Gasteiger charge is -2.19. The molecule has 0 aliphatic rings. The Balaban J connectivity index is 1.35. The van der Waals surface area contributed by atoms with Gasteiger partial charge in [0.1, 0.15) is 29.7 Å². The van der Waals surface area contributed by atoms with Gasteiger partial charge in [0, 0.05) is 12.1 Å². The van der Waals surface area contributed by atoms with Gasteiger partial charge in [0.15, 0.2) is 5.58 Å². The molecule has 0 radical (unpaired) electrons. The van der Waals surface area contributed by atoms with Crippen LogP contribution in [0.3, 0.4) is 0 Å². The number of carbonyl (C=O) groups excluding carboxylic acids is 1. The van der Waals surface area contributed by atoms with E-state index in [1.807, 2.05) is 60.5 Å². The number of ether oxygens (including phenoxy) is 3. The lowest BCUT2D eigenvalue weighted by molar-refractivity contribution is -0.142. The summed E-state index contributed by atoms with van der Waals surface area (Å²) in [6.45, 7) is 1.04. The predicted molar refractivity (Wildman–Crippen MR) is 131 cm³/mol. The molecule has 0 bridgehead atoms. The lowest BCUT2D eigenvalue weighted by Crippen LogP contribution is -2.24. The van der Waals surface area contributed by atoms with Gasteiger partial charge in [-0.2, -0.15) is 4.98 Å². The zero-order valence-electron chi connectivity index (χ0n) is 18.9. The number of para-hydroxylation sites is 2. The third-order valence-corrected chi connectivity index (χ3v) is 5.48. The molecule has 3 aromatic carbocycles. The van der Waals surface area contributed by atoms with Crippen molar-refractivity contribution >= 4 is 34.7 Å². The first-order chi connectivity index (χ1) is 16.5. The largest absolute Gasteiger partial charge is 0.492 e. The number of aromatic nitrogens is 1. The molecule has 4 aromatic rings. The van der Waals surface area contributed by atoms with Crippen LogP contribution in [0, 0.1) is 0 Å². The smallest absolute Gasteiger partial charge is 0.309 e. The van der Waals surface area contributed by atoms with Crippen molar-refractivity contribution in [3.63, 3.8) is 0 Å². The lowest BCUT2D eigenvalue weighted by atomic mass is 10.1. The van der Waals surface area contributed by atoms with Gasteiger partial charge < -0.3 is 23.5 Å².